The summed E-state index contributed by atoms with van der Waals surface area (Å²) >= 11 is 2.32. The minimum atomic E-state index is -0.442. The standard InChI is InChI=1S/C17H25IN2O2/c1-5-14-12-19(15-8-6-13(18)7-9-15)10-11-20(14)16(21)22-17(2,3)4/h6-9,14H,5,10-12H2,1-4H3. The number of anilines is 1. The summed E-state index contributed by atoms with van der Waals surface area (Å²) in [4.78, 5) is 16.6. The molecule has 1 unspecified atom stereocenters. The smallest absolute Gasteiger partial charge is 0.410 e. The van der Waals surface area contributed by atoms with Crippen LogP contribution in [0.1, 0.15) is 34.1 Å². The van der Waals surface area contributed by atoms with Gasteiger partial charge in [0.15, 0.2) is 0 Å². The molecule has 0 aromatic heterocycles. The molecule has 0 radical (unpaired) electrons. The number of carbonyl (C=O) groups excluding carboxylic acids is 1. The molecule has 1 fully saturated rings. The van der Waals surface area contributed by atoms with Crippen LogP contribution in [-0.4, -0.2) is 42.3 Å². The molecule has 122 valence electrons. The first kappa shape index (κ1) is 17.4. The number of rotatable bonds is 2. The lowest BCUT2D eigenvalue weighted by molar-refractivity contribution is 0.0137. The lowest BCUT2D eigenvalue weighted by atomic mass is 10.1. The number of hydrogen-bond donors (Lipinski definition) is 0. The number of carbonyl (C=O) groups is 1. The quantitative estimate of drug-likeness (QED) is 0.680. The minimum absolute atomic E-state index is 0.193. The fourth-order valence-corrected chi connectivity index (χ4v) is 3.01. The van der Waals surface area contributed by atoms with E-state index in [2.05, 4.69) is 58.7 Å². The van der Waals surface area contributed by atoms with Gasteiger partial charge in [0.25, 0.3) is 0 Å². The van der Waals surface area contributed by atoms with Gasteiger partial charge in [-0.15, -0.1) is 0 Å². The van der Waals surface area contributed by atoms with E-state index in [9.17, 15) is 4.79 Å². The summed E-state index contributed by atoms with van der Waals surface area (Å²) in [5.41, 5.74) is 0.783. The van der Waals surface area contributed by atoms with Gasteiger partial charge in [-0.1, -0.05) is 6.92 Å². The highest BCUT2D eigenvalue weighted by molar-refractivity contribution is 14.1. The van der Waals surface area contributed by atoms with Crippen LogP contribution in [0, 0.1) is 3.57 Å². The van der Waals surface area contributed by atoms with E-state index in [1.54, 1.807) is 0 Å². The number of benzene rings is 1. The summed E-state index contributed by atoms with van der Waals surface area (Å²) in [5.74, 6) is 0. The van der Waals surface area contributed by atoms with Gasteiger partial charge in [-0.25, -0.2) is 4.79 Å². The maximum Gasteiger partial charge on any atom is 0.410 e. The van der Waals surface area contributed by atoms with Gasteiger partial charge in [0.1, 0.15) is 5.60 Å². The van der Waals surface area contributed by atoms with Crippen LogP contribution < -0.4 is 4.90 Å². The zero-order valence-electron chi connectivity index (χ0n) is 13.8. The van der Waals surface area contributed by atoms with Crippen molar-refractivity contribution >= 4 is 34.4 Å². The van der Waals surface area contributed by atoms with E-state index in [-0.39, 0.29) is 12.1 Å². The van der Waals surface area contributed by atoms with Crippen LogP contribution in [0.2, 0.25) is 0 Å². The van der Waals surface area contributed by atoms with Gasteiger partial charge in [0.2, 0.25) is 0 Å². The Kier molecular flexibility index (Phi) is 5.58. The van der Waals surface area contributed by atoms with Crippen molar-refractivity contribution in [2.45, 2.75) is 45.8 Å². The van der Waals surface area contributed by atoms with Gasteiger partial charge in [-0.3, -0.25) is 0 Å². The van der Waals surface area contributed by atoms with Crippen LogP contribution in [0.5, 0.6) is 0 Å². The molecule has 5 heteroatoms. The van der Waals surface area contributed by atoms with Gasteiger partial charge in [0.05, 0.1) is 6.04 Å². The van der Waals surface area contributed by atoms with Crippen LogP contribution in [0.4, 0.5) is 10.5 Å². The molecule has 2 rings (SSSR count). The molecule has 0 spiro atoms. The van der Waals surface area contributed by atoms with Crippen molar-refractivity contribution in [3.05, 3.63) is 27.8 Å². The molecular formula is C17H25IN2O2. The van der Waals surface area contributed by atoms with Gasteiger partial charge >= 0.3 is 6.09 Å². The summed E-state index contributed by atoms with van der Waals surface area (Å²) in [7, 11) is 0. The first-order valence-corrected chi connectivity index (χ1v) is 8.88. The Morgan fingerprint density at radius 1 is 1.27 bits per heavy atom. The minimum Gasteiger partial charge on any atom is -0.444 e. The zero-order valence-corrected chi connectivity index (χ0v) is 16.0. The molecular weight excluding hydrogens is 391 g/mol. The Bertz CT molecular complexity index is 510. The van der Waals surface area contributed by atoms with E-state index in [0.29, 0.717) is 6.54 Å². The Hall–Kier alpha value is -0.980. The van der Waals surface area contributed by atoms with Crippen LogP contribution in [0.3, 0.4) is 0 Å². The van der Waals surface area contributed by atoms with Crippen molar-refractivity contribution in [3.63, 3.8) is 0 Å². The van der Waals surface area contributed by atoms with E-state index in [4.69, 9.17) is 4.74 Å². The molecule has 1 aromatic carbocycles. The Balaban J connectivity index is 2.05. The molecule has 1 heterocycles. The van der Waals surface area contributed by atoms with Crippen molar-refractivity contribution in [2.75, 3.05) is 24.5 Å². The topological polar surface area (TPSA) is 32.8 Å². The average Bonchev–Trinajstić information content (AvgIpc) is 2.45. The Morgan fingerprint density at radius 3 is 2.45 bits per heavy atom. The van der Waals surface area contributed by atoms with Crippen molar-refractivity contribution in [1.29, 1.82) is 0 Å². The van der Waals surface area contributed by atoms with Crippen molar-refractivity contribution in [3.8, 4) is 0 Å². The SMILES string of the molecule is CCC1CN(c2ccc(I)cc2)CCN1C(=O)OC(C)(C)C. The number of ether oxygens (including phenoxy) is 1. The maximum atomic E-state index is 12.4. The summed E-state index contributed by atoms with van der Waals surface area (Å²) in [6.45, 7) is 10.3. The predicted octanol–water partition coefficient (Wildman–Crippen LogP) is 4.13. The van der Waals surface area contributed by atoms with E-state index in [0.717, 1.165) is 19.5 Å². The molecule has 1 aliphatic heterocycles. The summed E-state index contributed by atoms with van der Waals surface area (Å²) < 4.78 is 6.77. The molecule has 1 amide bonds. The molecule has 0 bridgehead atoms. The average molecular weight is 416 g/mol. The van der Waals surface area contributed by atoms with Gasteiger partial charge < -0.3 is 14.5 Å². The van der Waals surface area contributed by atoms with Gasteiger partial charge in [-0.05, 0) is 74.0 Å². The van der Waals surface area contributed by atoms with Crippen LogP contribution in [0.15, 0.2) is 24.3 Å². The normalized spacial score (nSPS) is 19.2. The highest BCUT2D eigenvalue weighted by Crippen LogP contribution is 2.23. The molecule has 0 aliphatic carbocycles. The number of amides is 1. The number of halogens is 1. The molecule has 0 N–H and O–H groups in total. The third kappa shape index (κ3) is 4.51. The Labute approximate surface area is 146 Å². The Morgan fingerprint density at radius 2 is 1.91 bits per heavy atom. The maximum absolute atomic E-state index is 12.4. The van der Waals surface area contributed by atoms with Crippen molar-refractivity contribution < 1.29 is 9.53 Å². The molecule has 1 atom stereocenters. The molecule has 1 aromatic rings. The van der Waals surface area contributed by atoms with Gasteiger partial charge in [0, 0.05) is 28.9 Å². The summed E-state index contributed by atoms with van der Waals surface area (Å²) in [5, 5.41) is 0. The summed E-state index contributed by atoms with van der Waals surface area (Å²) in [6.07, 6.45) is 0.738. The van der Waals surface area contributed by atoms with E-state index < -0.39 is 5.60 Å². The number of nitrogens with zero attached hydrogens (tertiary/aromatic N) is 2. The van der Waals surface area contributed by atoms with E-state index in [1.807, 2.05) is 25.7 Å². The summed E-state index contributed by atoms with van der Waals surface area (Å²) in [6, 6.07) is 8.74. The molecule has 0 saturated carbocycles. The second-order valence-corrected chi connectivity index (χ2v) is 7.90. The highest BCUT2D eigenvalue weighted by Gasteiger charge is 2.32. The molecule has 1 aliphatic rings. The third-order valence-corrected chi connectivity index (χ3v) is 4.49. The van der Waals surface area contributed by atoms with E-state index >= 15 is 0 Å². The van der Waals surface area contributed by atoms with Crippen molar-refractivity contribution in [1.82, 2.24) is 4.90 Å². The third-order valence-electron chi connectivity index (χ3n) is 3.77. The zero-order chi connectivity index (χ0) is 16.3. The number of hydrogen-bond acceptors (Lipinski definition) is 3. The highest BCUT2D eigenvalue weighted by atomic mass is 127. The number of piperazine rings is 1. The van der Waals surface area contributed by atoms with Gasteiger partial charge in [-0.2, -0.15) is 0 Å². The first-order chi connectivity index (χ1) is 10.3. The second kappa shape index (κ2) is 7.06. The predicted molar refractivity (Wildman–Crippen MR) is 98.4 cm³/mol. The fraction of sp³-hybridized carbons (Fsp3) is 0.588. The first-order valence-electron chi connectivity index (χ1n) is 7.80. The van der Waals surface area contributed by atoms with Crippen LogP contribution in [-0.2, 0) is 4.74 Å². The van der Waals surface area contributed by atoms with Crippen molar-refractivity contribution in [2.24, 2.45) is 0 Å². The lowest BCUT2D eigenvalue weighted by Crippen LogP contribution is -2.56. The lowest BCUT2D eigenvalue weighted by Gasteiger charge is -2.42. The van der Waals surface area contributed by atoms with Crippen LogP contribution >= 0.6 is 22.6 Å². The largest absolute Gasteiger partial charge is 0.444 e. The molecule has 4 nitrogen and oxygen atoms in total. The molecule has 22 heavy (non-hydrogen) atoms. The fourth-order valence-electron chi connectivity index (χ4n) is 2.65. The van der Waals surface area contributed by atoms with Crippen LogP contribution in [0.25, 0.3) is 0 Å². The molecule has 1 saturated heterocycles. The second-order valence-electron chi connectivity index (χ2n) is 6.66. The van der Waals surface area contributed by atoms with E-state index in [1.165, 1.54) is 9.26 Å². The monoisotopic (exact) mass is 416 g/mol.